The fourth-order valence-electron chi connectivity index (χ4n) is 2.11. The molecule has 14 heavy (non-hydrogen) atoms. The summed E-state index contributed by atoms with van der Waals surface area (Å²) >= 11 is 0. The molecule has 0 aromatic carbocycles. The molecule has 0 aliphatic heterocycles. The quantitative estimate of drug-likeness (QED) is 0.670. The number of hydrogen-bond acceptors (Lipinski definition) is 1. The van der Waals surface area contributed by atoms with Gasteiger partial charge in [0.15, 0.2) is 0 Å². The van der Waals surface area contributed by atoms with Crippen molar-refractivity contribution in [3.05, 3.63) is 12.2 Å². The van der Waals surface area contributed by atoms with Crippen LogP contribution in [-0.2, 0) is 0 Å². The highest BCUT2D eigenvalue weighted by molar-refractivity contribution is 4.93. The Labute approximate surface area is 89.2 Å². The van der Waals surface area contributed by atoms with Gasteiger partial charge in [0.1, 0.15) is 0 Å². The highest BCUT2D eigenvalue weighted by Crippen LogP contribution is 2.31. The van der Waals surface area contributed by atoms with Crippen molar-refractivity contribution >= 4 is 0 Å². The Balaban J connectivity index is 0.000000791. The van der Waals surface area contributed by atoms with Crippen molar-refractivity contribution in [1.82, 2.24) is 0 Å². The van der Waals surface area contributed by atoms with Crippen LogP contribution in [0, 0.1) is 11.8 Å². The van der Waals surface area contributed by atoms with Crippen LogP contribution in [0.1, 0.15) is 53.4 Å². The van der Waals surface area contributed by atoms with Crippen LogP contribution in [0.2, 0.25) is 0 Å². The summed E-state index contributed by atoms with van der Waals surface area (Å²) < 4.78 is 0. The average Bonchev–Trinajstić information content (AvgIpc) is 2.24. The van der Waals surface area contributed by atoms with E-state index >= 15 is 0 Å². The molecule has 3 atom stereocenters. The minimum Gasteiger partial charge on any atom is -0.393 e. The lowest BCUT2D eigenvalue weighted by Gasteiger charge is -2.30. The summed E-state index contributed by atoms with van der Waals surface area (Å²) in [6, 6.07) is 0. The smallest absolute Gasteiger partial charge is 0.0603 e. The van der Waals surface area contributed by atoms with E-state index in [2.05, 4.69) is 19.1 Å². The van der Waals surface area contributed by atoms with E-state index in [-0.39, 0.29) is 6.10 Å². The van der Waals surface area contributed by atoms with Gasteiger partial charge >= 0.3 is 0 Å². The molecule has 1 aliphatic rings. The van der Waals surface area contributed by atoms with Crippen LogP contribution in [-0.4, -0.2) is 11.2 Å². The van der Waals surface area contributed by atoms with E-state index in [1.165, 1.54) is 19.3 Å². The number of allylic oxidation sites excluding steroid dienone is 1. The second-order valence-electron chi connectivity index (χ2n) is 3.84. The molecule has 1 aliphatic carbocycles. The standard InChI is InChI=1S/C11H20O.C2H6/c1-3-5-10-8-9(4-2)6-7-11(10)12;1-2/h3,5,9-12H,4,6-8H2,1-2H3;1-2H3/b5-3-;. The molecule has 0 amide bonds. The second kappa shape index (κ2) is 8.05. The summed E-state index contributed by atoms with van der Waals surface area (Å²) in [5.74, 6) is 1.27. The molecular weight excluding hydrogens is 172 g/mol. The molecule has 0 radical (unpaired) electrons. The normalized spacial score (nSPS) is 32.5. The van der Waals surface area contributed by atoms with Gasteiger partial charge in [0.05, 0.1) is 6.10 Å². The molecule has 1 fully saturated rings. The first-order valence-electron chi connectivity index (χ1n) is 6.08. The third kappa shape index (κ3) is 4.28. The van der Waals surface area contributed by atoms with Crippen molar-refractivity contribution in [2.45, 2.75) is 59.5 Å². The Morgan fingerprint density at radius 2 is 1.93 bits per heavy atom. The monoisotopic (exact) mass is 198 g/mol. The fourth-order valence-corrected chi connectivity index (χ4v) is 2.11. The van der Waals surface area contributed by atoms with E-state index in [1.807, 2.05) is 20.8 Å². The van der Waals surface area contributed by atoms with Crippen molar-refractivity contribution in [3.63, 3.8) is 0 Å². The molecule has 0 aromatic heterocycles. The zero-order valence-corrected chi connectivity index (χ0v) is 10.2. The number of aliphatic hydroxyl groups is 1. The summed E-state index contributed by atoms with van der Waals surface area (Å²) in [6.45, 7) is 8.28. The molecular formula is C13H26O. The Hall–Kier alpha value is -0.300. The van der Waals surface area contributed by atoms with Crippen LogP contribution in [0.25, 0.3) is 0 Å². The summed E-state index contributed by atoms with van der Waals surface area (Å²) in [4.78, 5) is 0. The van der Waals surface area contributed by atoms with Crippen molar-refractivity contribution in [2.24, 2.45) is 11.8 Å². The molecule has 1 nitrogen and oxygen atoms in total. The average molecular weight is 198 g/mol. The maximum atomic E-state index is 9.66. The summed E-state index contributed by atoms with van der Waals surface area (Å²) in [6.07, 6.45) is 8.80. The zero-order chi connectivity index (χ0) is 11.0. The van der Waals surface area contributed by atoms with Crippen molar-refractivity contribution < 1.29 is 5.11 Å². The van der Waals surface area contributed by atoms with Gasteiger partial charge in [0.25, 0.3) is 0 Å². The van der Waals surface area contributed by atoms with Crippen LogP contribution in [0.4, 0.5) is 0 Å². The summed E-state index contributed by atoms with van der Waals surface area (Å²) in [5.41, 5.74) is 0. The molecule has 0 spiro atoms. The predicted molar refractivity (Wildman–Crippen MR) is 63.3 cm³/mol. The van der Waals surface area contributed by atoms with E-state index in [4.69, 9.17) is 0 Å². The first kappa shape index (κ1) is 13.7. The summed E-state index contributed by atoms with van der Waals surface area (Å²) in [7, 11) is 0. The van der Waals surface area contributed by atoms with Crippen LogP contribution in [0.3, 0.4) is 0 Å². The van der Waals surface area contributed by atoms with Crippen LogP contribution in [0.5, 0.6) is 0 Å². The Kier molecular flexibility index (Phi) is 7.87. The molecule has 1 rings (SSSR count). The molecule has 1 N–H and O–H groups in total. The lowest BCUT2D eigenvalue weighted by Crippen LogP contribution is -2.27. The highest BCUT2D eigenvalue weighted by atomic mass is 16.3. The van der Waals surface area contributed by atoms with Crippen LogP contribution >= 0.6 is 0 Å². The number of rotatable bonds is 2. The van der Waals surface area contributed by atoms with E-state index in [0.29, 0.717) is 5.92 Å². The van der Waals surface area contributed by atoms with Crippen molar-refractivity contribution in [1.29, 1.82) is 0 Å². The molecule has 1 heteroatoms. The first-order valence-corrected chi connectivity index (χ1v) is 6.08. The Bertz CT molecular complexity index is 151. The van der Waals surface area contributed by atoms with Gasteiger partial charge in [-0.1, -0.05) is 39.3 Å². The van der Waals surface area contributed by atoms with Gasteiger partial charge in [0, 0.05) is 5.92 Å². The van der Waals surface area contributed by atoms with Crippen LogP contribution in [0.15, 0.2) is 12.2 Å². The highest BCUT2D eigenvalue weighted by Gasteiger charge is 2.25. The van der Waals surface area contributed by atoms with Gasteiger partial charge in [0.2, 0.25) is 0 Å². The minimum absolute atomic E-state index is 0.0796. The van der Waals surface area contributed by atoms with Gasteiger partial charge < -0.3 is 5.11 Å². The number of aliphatic hydroxyl groups excluding tert-OH is 1. The Morgan fingerprint density at radius 3 is 2.43 bits per heavy atom. The molecule has 0 saturated heterocycles. The third-order valence-electron chi connectivity index (χ3n) is 2.99. The van der Waals surface area contributed by atoms with E-state index in [0.717, 1.165) is 12.3 Å². The Morgan fingerprint density at radius 1 is 1.29 bits per heavy atom. The SMILES string of the molecule is C/C=C\C1CC(CC)CCC1O.CC. The van der Waals surface area contributed by atoms with Crippen LogP contribution < -0.4 is 0 Å². The van der Waals surface area contributed by atoms with Gasteiger partial charge in [-0.25, -0.2) is 0 Å². The molecule has 3 unspecified atom stereocenters. The minimum atomic E-state index is -0.0796. The van der Waals surface area contributed by atoms with Crippen molar-refractivity contribution in [2.75, 3.05) is 0 Å². The largest absolute Gasteiger partial charge is 0.393 e. The zero-order valence-electron chi connectivity index (χ0n) is 10.2. The molecule has 1 saturated carbocycles. The second-order valence-corrected chi connectivity index (χ2v) is 3.84. The molecule has 0 aromatic rings. The topological polar surface area (TPSA) is 20.2 Å². The molecule has 0 heterocycles. The van der Waals surface area contributed by atoms with Crippen molar-refractivity contribution in [3.8, 4) is 0 Å². The van der Waals surface area contributed by atoms with E-state index < -0.39 is 0 Å². The number of hydrogen-bond donors (Lipinski definition) is 1. The van der Waals surface area contributed by atoms with E-state index in [9.17, 15) is 5.11 Å². The first-order chi connectivity index (χ1) is 6.77. The fraction of sp³-hybridized carbons (Fsp3) is 0.846. The molecule has 0 bridgehead atoms. The molecule has 84 valence electrons. The third-order valence-corrected chi connectivity index (χ3v) is 2.99. The van der Waals surface area contributed by atoms with Gasteiger partial charge in [-0.15, -0.1) is 0 Å². The lowest BCUT2D eigenvalue weighted by molar-refractivity contribution is 0.0697. The van der Waals surface area contributed by atoms with Gasteiger partial charge in [-0.3, -0.25) is 0 Å². The maximum Gasteiger partial charge on any atom is 0.0603 e. The predicted octanol–water partition coefficient (Wildman–Crippen LogP) is 3.78. The van der Waals surface area contributed by atoms with E-state index in [1.54, 1.807) is 0 Å². The summed E-state index contributed by atoms with van der Waals surface area (Å²) in [5, 5.41) is 9.66. The van der Waals surface area contributed by atoms with Gasteiger partial charge in [-0.05, 0) is 32.1 Å². The maximum absolute atomic E-state index is 9.66. The van der Waals surface area contributed by atoms with Gasteiger partial charge in [-0.2, -0.15) is 0 Å². The lowest BCUT2D eigenvalue weighted by atomic mass is 9.78.